The molecule has 2 N–H and O–H groups in total. The van der Waals surface area contributed by atoms with E-state index in [-0.39, 0.29) is 11.3 Å². The molecule has 96 valence electrons. The Morgan fingerprint density at radius 1 is 1.16 bits per heavy atom. The third-order valence-electron chi connectivity index (χ3n) is 2.40. The number of phenols is 1. The standard InChI is InChI=1S/C14H11BrN2O2/c15-11-7-5-10(6-8-11)9-16-17-14(19)12-3-1-2-4-13(12)18/h1-9,18H,(H,17,19). The Hall–Kier alpha value is -2.14. The largest absolute Gasteiger partial charge is 0.507 e. The summed E-state index contributed by atoms with van der Waals surface area (Å²) in [4.78, 5) is 11.7. The minimum atomic E-state index is -0.452. The van der Waals surface area contributed by atoms with Gasteiger partial charge in [-0.3, -0.25) is 4.79 Å². The first kappa shape index (κ1) is 13.3. The molecule has 2 aromatic carbocycles. The monoisotopic (exact) mass is 318 g/mol. The Labute approximate surface area is 118 Å². The van der Waals surface area contributed by atoms with E-state index in [1.165, 1.54) is 18.3 Å². The summed E-state index contributed by atoms with van der Waals surface area (Å²) in [6.45, 7) is 0. The summed E-state index contributed by atoms with van der Waals surface area (Å²) in [5, 5.41) is 13.3. The number of aromatic hydroxyl groups is 1. The van der Waals surface area contributed by atoms with Crippen molar-refractivity contribution < 1.29 is 9.90 Å². The predicted octanol–water partition coefficient (Wildman–Crippen LogP) is 2.92. The maximum atomic E-state index is 11.7. The second-order valence-corrected chi connectivity index (χ2v) is 4.68. The molecule has 2 aromatic rings. The van der Waals surface area contributed by atoms with E-state index < -0.39 is 5.91 Å². The van der Waals surface area contributed by atoms with Crippen LogP contribution in [0.4, 0.5) is 0 Å². The number of halogens is 1. The summed E-state index contributed by atoms with van der Waals surface area (Å²) in [6, 6.07) is 13.8. The summed E-state index contributed by atoms with van der Waals surface area (Å²) >= 11 is 3.33. The van der Waals surface area contributed by atoms with Gasteiger partial charge in [0, 0.05) is 4.47 Å². The van der Waals surface area contributed by atoms with Gasteiger partial charge in [0.25, 0.3) is 5.91 Å². The van der Waals surface area contributed by atoms with E-state index in [1.807, 2.05) is 24.3 Å². The Balaban J connectivity index is 2.01. The van der Waals surface area contributed by atoms with Crippen molar-refractivity contribution in [3.05, 3.63) is 64.1 Å². The first-order chi connectivity index (χ1) is 9.16. The topological polar surface area (TPSA) is 61.7 Å². The number of hydrogen-bond donors (Lipinski definition) is 2. The lowest BCUT2D eigenvalue weighted by molar-refractivity contribution is 0.0952. The van der Waals surface area contributed by atoms with Crippen LogP contribution in [0.3, 0.4) is 0 Å². The van der Waals surface area contributed by atoms with E-state index in [4.69, 9.17) is 0 Å². The zero-order valence-corrected chi connectivity index (χ0v) is 11.5. The number of carbonyl (C=O) groups is 1. The normalized spacial score (nSPS) is 10.6. The quantitative estimate of drug-likeness (QED) is 0.675. The molecule has 0 radical (unpaired) electrons. The molecule has 0 aliphatic rings. The molecule has 0 saturated heterocycles. The molecular weight excluding hydrogens is 308 g/mol. The van der Waals surface area contributed by atoms with Gasteiger partial charge in [0.05, 0.1) is 11.8 Å². The van der Waals surface area contributed by atoms with Gasteiger partial charge in [-0.25, -0.2) is 5.43 Å². The molecule has 1 amide bonds. The number of phenolic OH excluding ortho intramolecular Hbond substituents is 1. The Kier molecular flexibility index (Phi) is 4.30. The molecule has 0 spiro atoms. The molecule has 5 heteroatoms. The van der Waals surface area contributed by atoms with Crippen molar-refractivity contribution in [2.75, 3.05) is 0 Å². The van der Waals surface area contributed by atoms with Crippen molar-refractivity contribution in [2.24, 2.45) is 5.10 Å². The average molecular weight is 319 g/mol. The molecular formula is C14H11BrN2O2. The maximum Gasteiger partial charge on any atom is 0.275 e. The predicted molar refractivity (Wildman–Crippen MR) is 77.3 cm³/mol. The van der Waals surface area contributed by atoms with Crippen LogP contribution in [-0.2, 0) is 0 Å². The van der Waals surface area contributed by atoms with Crippen molar-refractivity contribution >= 4 is 28.1 Å². The minimum Gasteiger partial charge on any atom is -0.507 e. The summed E-state index contributed by atoms with van der Waals surface area (Å²) in [6.07, 6.45) is 1.53. The summed E-state index contributed by atoms with van der Waals surface area (Å²) in [7, 11) is 0. The van der Waals surface area contributed by atoms with Gasteiger partial charge < -0.3 is 5.11 Å². The highest BCUT2D eigenvalue weighted by atomic mass is 79.9. The summed E-state index contributed by atoms with van der Waals surface area (Å²) in [5.74, 6) is -0.523. The SMILES string of the molecule is O=C(NN=Cc1ccc(Br)cc1)c1ccccc1O. The molecule has 0 unspecified atom stereocenters. The first-order valence-electron chi connectivity index (χ1n) is 5.54. The molecule has 4 nitrogen and oxygen atoms in total. The first-order valence-corrected chi connectivity index (χ1v) is 6.33. The van der Waals surface area contributed by atoms with E-state index in [0.717, 1.165) is 10.0 Å². The maximum absolute atomic E-state index is 11.7. The summed E-state index contributed by atoms with van der Waals surface area (Å²) in [5.41, 5.74) is 3.41. The fraction of sp³-hybridized carbons (Fsp3) is 0. The zero-order chi connectivity index (χ0) is 13.7. The molecule has 0 bridgehead atoms. The Morgan fingerprint density at radius 3 is 2.53 bits per heavy atom. The highest BCUT2D eigenvalue weighted by molar-refractivity contribution is 9.10. The van der Waals surface area contributed by atoms with Gasteiger partial charge in [-0.2, -0.15) is 5.10 Å². The fourth-order valence-electron chi connectivity index (χ4n) is 1.44. The van der Waals surface area contributed by atoms with Crippen molar-refractivity contribution in [3.63, 3.8) is 0 Å². The molecule has 0 fully saturated rings. The Morgan fingerprint density at radius 2 is 1.84 bits per heavy atom. The third-order valence-corrected chi connectivity index (χ3v) is 2.93. The second kappa shape index (κ2) is 6.15. The lowest BCUT2D eigenvalue weighted by Gasteiger charge is -2.01. The van der Waals surface area contributed by atoms with Crippen LogP contribution in [0.2, 0.25) is 0 Å². The van der Waals surface area contributed by atoms with Crippen molar-refractivity contribution in [1.29, 1.82) is 0 Å². The zero-order valence-electron chi connectivity index (χ0n) is 9.88. The lowest BCUT2D eigenvalue weighted by atomic mass is 10.2. The highest BCUT2D eigenvalue weighted by Crippen LogP contribution is 2.14. The van der Waals surface area contributed by atoms with Crippen LogP contribution in [0.1, 0.15) is 15.9 Å². The smallest absolute Gasteiger partial charge is 0.275 e. The second-order valence-electron chi connectivity index (χ2n) is 3.77. The van der Waals surface area contributed by atoms with E-state index in [2.05, 4.69) is 26.5 Å². The number of amides is 1. The van der Waals surface area contributed by atoms with Gasteiger partial charge >= 0.3 is 0 Å². The van der Waals surface area contributed by atoms with Crippen LogP contribution in [0, 0.1) is 0 Å². The molecule has 0 aromatic heterocycles. The van der Waals surface area contributed by atoms with Crippen LogP contribution in [-0.4, -0.2) is 17.2 Å². The van der Waals surface area contributed by atoms with Gasteiger partial charge in [0.2, 0.25) is 0 Å². The van der Waals surface area contributed by atoms with Gasteiger partial charge in [0.1, 0.15) is 5.75 Å². The number of hydrogen-bond acceptors (Lipinski definition) is 3. The average Bonchev–Trinajstić information content (AvgIpc) is 2.41. The van der Waals surface area contributed by atoms with Gasteiger partial charge in [-0.05, 0) is 29.8 Å². The number of nitrogens with zero attached hydrogens (tertiary/aromatic N) is 1. The number of para-hydroxylation sites is 1. The number of rotatable bonds is 3. The van der Waals surface area contributed by atoms with Crippen molar-refractivity contribution in [2.45, 2.75) is 0 Å². The molecule has 19 heavy (non-hydrogen) atoms. The molecule has 0 aliphatic heterocycles. The number of nitrogens with one attached hydrogen (secondary N) is 1. The highest BCUT2D eigenvalue weighted by Gasteiger charge is 2.08. The molecule has 2 rings (SSSR count). The van der Waals surface area contributed by atoms with Gasteiger partial charge in [0.15, 0.2) is 0 Å². The van der Waals surface area contributed by atoms with Crippen molar-refractivity contribution in [1.82, 2.24) is 5.43 Å². The fourth-order valence-corrected chi connectivity index (χ4v) is 1.70. The molecule has 0 aliphatic carbocycles. The van der Waals surface area contributed by atoms with Gasteiger partial charge in [-0.1, -0.05) is 40.2 Å². The molecule has 0 atom stereocenters. The van der Waals surface area contributed by atoms with Crippen LogP contribution in [0.5, 0.6) is 5.75 Å². The Bertz CT molecular complexity index is 609. The van der Waals surface area contributed by atoms with Crippen LogP contribution >= 0.6 is 15.9 Å². The van der Waals surface area contributed by atoms with E-state index >= 15 is 0 Å². The lowest BCUT2D eigenvalue weighted by Crippen LogP contribution is -2.17. The molecule has 0 saturated carbocycles. The molecule has 0 heterocycles. The number of hydrazone groups is 1. The van der Waals surface area contributed by atoms with E-state index in [1.54, 1.807) is 12.1 Å². The number of carbonyl (C=O) groups excluding carboxylic acids is 1. The van der Waals surface area contributed by atoms with Gasteiger partial charge in [-0.15, -0.1) is 0 Å². The van der Waals surface area contributed by atoms with Crippen LogP contribution < -0.4 is 5.43 Å². The summed E-state index contributed by atoms with van der Waals surface area (Å²) < 4.78 is 0.975. The van der Waals surface area contributed by atoms with Crippen LogP contribution in [0.25, 0.3) is 0 Å². The third kappa shape index (κ3) is 3.66. The van der Waals surface area contributed by atoms with Crippen molar-refractivity contribution in [3.8, 4) is 5.75 Å². The minimum absolute atomic E-state index is 0.0705. The van der Waals surface area contributed by atoms with Crippen LogP contribution in [0.15, 0.2) is 58.1 Å². The number of benzene rings is 2. The van der Waals surface area contributed by atoms with E-state index in [9.17, 15) is 9.90 Å². The van der Waals surface area contributed by atoms with E-state index in [0.29, 0.717) is 0 Å².